The fourth-order valence-corrected chi connectivity index (χ4v) is 3.44. The molecule has 34 heavy (non-hydrogen) atoms. The minimum atomic E-state index is -1.70. The number of nitrogens with one attached hydrogen (secondary N) is 1. The number of ether oxygens (including phenoxy) is 2. The molecule has 0 bridgehead atoms. The summed E-state index contributed by atoms with van der Waals surface area (Å²) in [6.45, 7) is -0.459. The first-order valence-corrected chi connectivity index (χ1v) is 10.1. The Bertz CT molecular complexity index is 1270. The van der Waals surface area contributed by atoms with E-state index < -0.39 is 53.7 Å². The number of phenolic OH excluding ortho intramolecular Hbond substituents is 3. The first kappa shape index (κ1) is 22.6. The predicted octanol–water partition coefficient (Wildman–Crippen LogP) is 1.82. The van der Waals surface area contributed by atoms with Crippen molar-refractivity contribution in [3.05, 3.63) is 77.4 Å². The van der Waals surface area contributed by atoms with Gasteiger partial charge in [0.2, 0.25) is 5.78 Å². The van der Waals surface area contributed by atoms with Crippen molar-refractivity contribution >= 4 is 17.7 Å². The van der Waals surface area contributed by atoms with Crippen LogP contribution in [0.15, 0.2) is 60.7 Å². The molecule has 1 amide bonds. The highest BCUT2D eigenvalue weighted by atomic mass is 16.5. The van der Waals surface area contributed by atoms with Crippen LogP contribution in [0, 0.1) is 0 Å². The van der Waals surface area contributed by atoms with E-state index in [1.165, 1.54) is 18.2 Å². The summed E-state index contributed by atoms with van der Waals surface area (Å²) in [6, 6.07) is 14.1. The number of esters is 1. The van der Waals surface area contributed by atoms with Gasteiger partial charge in [-0.1, -0.05) is 24.3 Å². The molecule has 1 aliphatic heterocycles. The molecule has 0 spiro atoms. The van der Waals surface area contributed by atoms with E-state index in [0.717, 1.165) is 12.1 Å². The van der Waals surface area contributed by atoms with Gasteiger partial charge in [0.05, 0.1) is 0 Å². The number of ketones is 1. The van der Waals surface area contributed by atoms with E-state index in [1.807, 2.05) is 0 Å². The molecule has 2 unspecified atom stereocenters. The summed E-state index contributed by atoms with van der Waals surface area (Å²) in [5.41, 5.74) is 0.245. The zero-order chi connectivity index (χ0) is 24.4. The summed E-state index contributed by atoms with van der Waals surface area (Å²) in [4.78, 5) is 36.9. The van der Waals surface area contributed by atoms with Crippen LogP contribution in [0.2, 0.25) is 0 Å². The average molecular weight is 465 g/mol. The second-order valence-electron chi connectivity index (χ2n) is 7.43. The Morgan fingerprint density at radius 3 is 2.38 bits per heavy atom. The van der Waals surface area contributed by atoms with Gasteiger partial charge in [0.1, 0.15) is 29.4 Å². The molecule has 0 saturated heterocycles. The molecule has 10 heteroatoms. The molecular formula is C24H19NO9. The summed E-state index contributed by atoms with van der Waals surface area (Å²) >= 11 is 0. The van der Waals surface area contributed by atoms with E-state index in [2.05, 4.69) is 5.32 Å². The molecule has 5 N–H and O–H groups in total. The average Bonchev–Trinajstić information content (AvgIpc) is 2.82. The maximum atomic E-state index is 12.7. The number of aromatic hydroxyl groups is 3. The fourth-order valence-electron chi connectivity index (χ4n) is 3.44. The summed E-state index contributed by atoms with van der Waals surface area (Å²) in [5.74, 6) is -3.94. The molecule has 4 rings (SSSR count). The molecule has 10 nitrogen and oxygen atoms in total. The van der Waals surface area contributed by atoms with Crippen LogP contribution in [-0.4, -0.2) is 50.7 Å². The Balaban J connectivity index is 1.51. The highest BCUT2D eigenvalue weighted by Gasteiger charge is 2.39. The molecule has 1 aliphatic rings. The van der Waals surface area contributed by atoms with Gasteiger partial charge in [-0.05, 0) is 29.8 Å². The summed E-state index contributed by atoms with van der Waals surface area (Å²) in [7, 11) is 0. The Labute approximate surface area is 192 Å². The van der Waals surface area contributed by atoms with Crippen molar-refractivity contribution in [3.8, 4) is 28.7 Å². The first-order chi connectivity index (χ1) is 16.2. The van der Waals surface area contributed by atoms with Crippen LogP contribution >= 0.6 is 0 Å². The smallest absolute Gasteiger partial charge is 0.330 e. The van der Waals surface area contributed by atoms with Crippen molar-refractivity contribution in [2.45, 2.75) is 12.2 Å². The van der Waals surface area contributed by atoms with Crippen molar-refractivity contribution < 1.29 is 44.3 Å². The monoisotopic (exact) mass is 465 g/mol. The SMILES string of the molecule is O=C(CNC(=O)c1ccccc1)Oc1cc(O)c2c(c1)OC(c1ccc(O)c(O)c1)C(O)C2=O. The van der Waals surface area contributed by atoms with Crippen molar-refractivity contribution in [1.29, 1.82) is 0 Å². The van der Waals surface area contributed by atoms with Gasteiger partial charge in [0, 0.05) is 17.7 Å². The number of hydrogen-bond donors (Lipinski definition) is 5. The lowest BCUT2D eigenvalue weighted by Gasteiger charge is -2.30. The molecule has 1 heterocycles. The topological polar surface area (TPSA) is 163 Å². The van der Waals surface area contributed by atoms with Gasteiger partial charge in [-0.3, -0.25) is 9.59 Å². The number of rotatable bonds is 5. The molecule has 0 radical (unpaired) electrons. The van der Waals surface area contributed by atoms with Gasteiger partial charge in [0.15, 0.2) is 23.7 Å². The number of aliphatic hydroxyl groups excluding tert-OH is 1. The van der Waals surface area contributed by atoms with Crippen molar-refractivity contribution in [3.63, 3.8) is 0 Å². The number of Topliss-reactive ketones (excluding diaryl/α,β-unsaturated/α-hetero) is 1. The maximum absolute atomic E-state index is 12.7. The molecule has 0 saturated carbocycles. The van der Waals surface area contributed by atoms with Gasteiger partial charge < -0.3 is 35.2 Å². The standard InChI is InChI=1S/C24H19NO9/c26-15-7-6-13(8-16(15)27)23-22(31)21(30)20-17(28)9-14(10-18(20)34-23)33-19(29)11-25-24(32)12-4-2-1-3-5-12/h1-10,22-23,26-28,31H,11H2,(H,25,32). The third-order valence-corrected chi connectivity index (χ3v) is 5.10. The molecule has 174 valence electrons. The molecule has 0 fully saturated rings. The van der Waals surface area contributed by atoms with Crippen molar-refractivity contribution in [2.24, 2.45) is 0 Å². The van der Waals surface area contributed by atoms with Gasteiger partial charge in [-0.15, -0.1) is 0 Å². The maximum Gasteiger partial charge on any atom is 0.330 e. The van der Waals surface area contributed by atoms with Crippen LogP contribution in [0.3, 0.4) is 0 Å². The first-order valence-electron chi connectivity index (χ1n) is 10.1. The highest BCUT2D eigenvalue weighted by molar-refractivity contribution is 6.05. The van der Waals surface area contributed by atoms with E-state index in [0.29, 0.717) is 5.56 Å². The number of aliphatic hydroxyl groups is 1. The van der Waals surface area contributed by atoms with Crippen LogP contribution in [0.25, 0.3) is 0 Å². The Morgan fingerprint density at radius 1 is 0.941 bits per heavy atom. The molecule has 3 aromatic rings. The van der Waals surface area contributed by atoms with E-state index in [4.69, 9.17) is 9.47 Å². The minimum absolute atomic E-state index is 0.160. The molecule has 0 aliphatic carbocycles. The Morgan fingerprint density at radius 2 is 1.68 bits per heavy atom. The third-order valence-electron chi connectivity index (χ3n) is 5.10. The van der Waals surface area contributed by atoms with E-state index in [9.17, 15) is 34.8 Å². The van der Waals surface area contributed by atoms with Gasteiger partial charge in [0.25, 0.3) is 5.91 Å². The number of carbonyl (C=O) groups excluding carboxylic acids is 3. The second-order valence-corrected chi connectivity index (χ2v) is 7.43. The zero-order valence-corrected chi connectivity index (χ0v) is 17.5. The fraction of sp³-hybridized carbons (Fsp3) is 0.125. The van der Waals surface area contributed by atoms with Crippen LogP contribution < -0.4 is 14.8 Å². The van der Waals surface area contributed by atoms with Crippen LogP contribution in [0.5, 0.6) is 28.7 Å². The number of benzene rings is 3. The van der Waals surface area contributed by atoms with Crippen LogP contribution in [-0.2, 0) is 4.79 Å². The molecule has 3 aromatic carbocycles. The molecule has 2 atom stereocenters. The summed E-state index contributed by atoms with van der Waals surface area (Å²) in [6.07, 6.45) is -2.97. The van der Waals surface area contributed by atoms with Crippen LogP contribution in [0.1, 0.15) is 32.4 Å². The quantitative estimate of drug-likeness (QED) is 0.215. The lowest BCUT2D eigenvalue weighted by molar-refractivity contribution is -0.133. The molecular weight excluding hydrogens is 446 g/mol. The highest BCUT2D eigenvalue weighted by Crippen LogP contribution is 2.43. The number of hydrogen-bond acceptors (Lipinski definition) is 9. The zero-order valence-electron chi connectivity index (χ0n) is 17.5. The van der Waals surface area contributed by atoms with Gasteiger partial charge in [-0.2, -0.15) is 0 Å². The predicted molar refractivity (Wildman–Crippen MR) is 116 cm³/mol. The van der Waals surface area contributed by atoms with Crippen molar-refractivity contribution in [2.75, 3.05) is 6.54 Å². The largest absolute Gasteiger partial charge is 0.507 e. The number of fused-ring (bicyclic) bond motifs is 1. The number of amides is 1. The van der Waals surface area contributed by atoms with Crippen molar-refractivity contribution in [1.82, 2.24) is 5.32 Å². The lowest BCUT2D eigenvalue weighted by Crippen LogP contribution is -2.36. The summed E-state index contributed by atoms with van der Waals surface area (Å²) in [5, 5.41) is 42.3. The lowest BCUT2D eigenvalue weighted by atomic mass is 9.92. The summed E-state index contributed by atoms with van der Waals surface area (Å²) < 4.78 is 10.8. The van der Waals surface area contributed by atoms with E-state index in [1.54, 1.807) is 30.3 Å². The third kappa shape index (κ3) is 4.48. The Kier molecular flexibility index (Phi) is 6.07. The number of carbonyl (C=O) groups is 3. The van der Waals surface area contributed by atoms with Crippen LogP contribution in [0.4, 0.5) is 0 Å². The Hall–Kier alpha value is -4.57. The molecule has 0 aromatic heterocycles. The van der Waals surface area contributed by atoms with E-state index in [-0.39, 0.29) is 22.6 Å². The minimum Gasteiger partial charge on any atom is -0.507 e. The second kappa shape index (κ2) is 9.12. The number of phenols is 3. The normalized spacial score (nSPS) is 16.8. The van der Waals surface area contributed by atoms with Gasteiger partial charge in [-0.25, -0.2) is 4.79 Å². The van der Waals surface area contributed by atoms with Gasteiger partial charge >= 0.3 is 5.97 Å². The van der Waals surface area contributed by atoms with E-state index >= 15 is 0 Å².